The molecule has 8 heteroatoms. The van der Waals surface area contributed by atoms with Gasteiger partial charge in [0.2, 0.25) is 0 Å². The van der Waals surface area contributed by atoms with Gasteiger partial charge in [0.1, 0.15) is 5.75 Å². The van der Waals surface area contributed by atoms with Crippen molar-refractivity contribution in [2.75, 3.05) is 12.4 Å². The average Bonchev–Trinajstić information content (AvgIpc) is 3.16. The number of ether oxygens (including phenoxy) is 2. The van der Waals surface area contributed by atoms with Gasteiger partial charge in [-0.3, -0.25) is 15.1 Å². The molecule has 1 atom stereocenters. The average molecular weight is 383 g/mol. The molecule has 1 amide bonds. The second-order valence-corrected chi connectivity index (χ2v) is 6.37. The fourth-order valence-electron chi connectivity index (χ4n) is 2.28. The van der Waals surface area contributed by atoms with Crippen molar-refractivity contribution in [2.24, 2.45) is 0 Å². The zero-order valence-electron chi connectivity index (χ0n) is 14.7. The van der Waals surface area contributed by atoms with E-state index in [-0.39, 0.29) is 5.56 Å². The van der Waals surface area contributed by atoms with E-state index in [0.29, 0.717) is 16.6 Å². The van der Waals surface area contributed by atoms with Crippen molar-refractivity contribution in [3.63, 3.8) is 0 Å². The summed E-state index contributed by atoms with van der Waals surface area (Å²) in [7, 11) is 1.59. The first-order valence-electron chi connectivity index (χ1n) is 8.09. The maximum atomic E-state index is 12.3. The maximum Gasteiger partial charge on any atom is 0.340 e. The lowest BCUT2D eigenvalue weighted by atomic mass is 10.1. The molecule has 0 saturated heterocycles. The summed E-state index contributed by atoms with van der Waals surface area (Å²) in [6.07, 6.45) is 1.96. The number of rotatable bonds is 6. The van der Waals surface area contributed by atoms with Gasteiger partial charge in [-0.25, -0.2) is 9.78 Å². The molecule has 0 saturated carbocycles. The minimum absolute atomic E-state index is 0.282. The second-order valence-electron chi connectivity index (χ2n) is 5.52. The highest BCUT2D eigenvalue weighted by molar-refractivity contribution is 7.14. The lowest BCUT2D eigenvalue weighted by molar-refractivity contribution is -0.123. The number of carbonyl (C=O) groups excluding carboxylic acids is 2. The highest BCUT2D eigenvalue weighted by atomic mass is 32.1. The zero-order valence-corrected chi connectivity index (χ0v) is 15.5. The second kappa shape index (κ2) is 8.41. The minimum Gasteiger partial charge on any atom is -0.496 e. The maximum absolute atomic E-state index is 12.3. The van der Waals surface area contributed by atoms with Crippen LogP contribution in [0.1, 0.15) is 17.3 Å². The lowest BCUT2D eigenvalue weighted by Gasteiger charge is -2.12. The van der Waals surface area contributed by atoms with Crippen molar-refractivity contribution in [1.29, 1.82) is 0 Å². The number of methoxy groups -OCH3 is 1. The van der Waals surface area contributed by atoms with Crippen molar-refractivity contribution in [3.8, 4) is 17.0 Å². The predicted molar refractivity (Wildman–Crippen MR) is 102 cm³/mol. The smallest absolute Gasteiger partial charge is 0.340 e. The molecule has 0 aliphatic carbocycles. The van der Waals surface area contributed by atoms with Crippen LogP contribution in [0.25, 0.3) is 11.3 Å². The molecule has 2 heterocycles. The van der Waals surface area contributed by atoms with Crippen LogP contribution in [0.15, 0.2) is 54.2 Å². The summed E-state index contributed by atoms with van der Waals surface area (Å²) >= 11 is 1.28. The number of anilines is 1. The number of thiazole rings is 1. The van der Waals surface area contributed by atoms with Gasteiger partial charge in [-0.05, 0) is 31.2 Å². The number of hydrogen-bond donors (Lipinski definition) is 1. The molecule has 0 spiro atoms. The number of aromatic nitrogens is 2. The van der Waals surface area contributed by atoms with Crippen LogP contribution in [0.5, 0.6) is 5.75 Å². The molecular formula is C19H17N3O4S. The first kappa shape index (κ1) is 18.5. The predicted octanol–water partition coefficient (Wildman–Crippen LogP) is 3.40. The largest absolute Gasteiger partial charge is 0.496 e. The molecule has 0 aliphatic heterocycles. The summed E-state index contributed by atoms with van der Waals surface area (Å²) in [5, 5.41) is 4.89. The molecule has 0 radical (unpaired) electrons. The third-order valence-corrected chi connectivity index (χ3v) is 4.43. The number of nitrogens with one attached hydrogen (secondary N) is 1. The molecule has 3 aromatic rings. The van der Waals surface area contributed by atoms with E-state index in [1.54, 1.807) is 25.4 Å². The summed E-state index contributed by atoms with van der Waals surface area (Å²) in [5.74, 6) is -0.382. The standard InChI is InChI=1S/C19H17N3O4S/c1-12(26-18(24)13-6-5-9-20-10-13)17(23)22-19-21-15(11-27-19)14-7-3-4-8-16(14)25-2/h3-12H,1-2H3,(H,21,22,23). The topological polar surface area (TPSA) is 90.4 Å². The van der Waals surface area contributed by atoms with Gasteiger partial charge in [-0.1, -0.05) is 12.1 Å². The molecule has 3 rings (SSSR count). The number of esters is 1. The van der Waals surface area contributed by atoms with Crippen LogP contribution in [0.3, 0.4) is 0 Å². The third-order valence-electron chi connectivity index (χ3n) is 3.67. The fraction of sp³-hybridized carbons (Fsp3) is 0.158. The minimum atomic E-state index is -0.976. The molecule has 138 valence electrons. The normalized spacial score (nSPS) is 11.5. The number of nitrogens with zero attached hydrogens (tertiary/aromatic N) is 2. The van der Waals surface area contributed by atoms with E-state index in [4.69, 9.17) is 9.47 Å². The van der Waals surface area contributed by atoms with E-state index < -0.39 is 18.0 Å². The van der Waals surface area contributed by atoms with E-state index >= 15 is 0 Å². The van der Waals surface area contributed by atoms with E-state index in [0.717, 1.165) is 5.56 Å². The van der Waals surface area contributed by atoms with E-state index in [1.165, 1.54) is 24.5 Å². The Labute approximate surface area is 160 Å². The third kappa shape index (κ3) is 4.48. The van der Waals surface area contributed by atoms with E-state index in [1.807, 2.05) is 29.6 Å². The number of benzene rings is 1. The van der Waals surface area contributed by atoms with Crippen molar-refractivity contribution in [2.45, 2.75) is 13.0 Å². The summed E-state index contributed by atoms with van der Waals surface area (Å²) in [6.45, 7) is 1.50. The summed E-state index contributed by atoms with van der Waals surface area (Å²) in [4.78, 5) is 32.5. The Morgan fingerprint density at radius 3 is 2.74 bits per heavy atom. The Bertz CT molecular complexity index is 943. The van der Waals surface area contributed by atoms with Gasteiger partial charge in [0.25, 0.3) is 5.91 Å². The Hall–Kier alpha value is -3.26. The molecule has 2 aromatic heterocycles. The van der Waals surface area contributed by atoms with Gasteiger partial charge < -0.3 is 9.47 Å². The van der Waals surface area contributed by atoms with Gasteiger partial charge in [0, 0.05) is 23.3 Å². The van der Waals surface area contributed by atoms with Gasteiger partial charge in [0.15, 0.2) is 11.2 Å². The summed E-state index contributed by atoms with van der Waals surface area (Å²) < 4.78 is 10.5. The number of amides is 1. The van der Waals surface area contributed by atoms with Crippen LogP contribution in [0.4, 0.5) is 5.13 Å². The Morgan fingerprint density at radius 2 is 2.00 bits per heavy atom. The van der Waals surface area contributed by atoms with Gasteiger partial charge >= 0.3 is 5.97 Å². The number of carbonyl (C=O) groups is 2. The fourth-order valence-corrected chi connectivity index (χ4v) is 3.00. The molecule has 1 unspecified atom stereocenters. The number of para-hydroxylation sites is 1. The van der Waals surface area contributed by atoms with Gasteiger partial charge in [0.05, 0.1) is 18.4 Å². The molecule has 1 N–H and O–H groups in total. The SMILES string of the molecule is COc1ccccc1-c1csc(NC(=O)C(C)OC(=O)c2cccnc2)n1. The van der Waals surface area contributed by atoms with Gasteiger partial charge in [-0.2, -0.15) is 0 Å². The van der Waals surface area contributed by atoms with Crippen molar-refractivity contribution < 1.29 is 19.1 Å². The number of pyridine rings is 1. The first-order valence-corrected chi connectivity index (χ1v) is 8.97. The lowest BCUT2D eigenvalue weighted by Crippen LogP contribution is -2.30. The molecular weight excluding hydrogens is 366 g/mol. The molecule has 0 aliphatic rings. The molecule has 27 heavy (non-hydrogen) atoms. The quantitative estimate of drug-likeness (QED) is 0.656. The van der Waals surface area contributed by atoms with E-state index in [9.17, 15) is 9.59 Å². The monoisotopic (exact) mass is 383 g/mol. The van der Waals surface area contributed by atoms with Crippen molar-refractivity contribution in [3.05, 3.63) is 59.7 Å². The Balaban J connectivity index is 1.64. The highest BCUT2D eigenvalue weighted by Gasteiger charge is 2.20. The van der Waals surface area contributed by atoms with Crippen LogP contribution in [-0.2, 0) is 9.53 Å². The van der Waals surface area contributed by atoms with Crippen LogP contribution in [-0.4, -0.2) is 35.1 Å². The van der Waals surface area contributed by atoms with E-state index in [2.05, 4.69) is 15.3 Å². The molecule has 0 fully saturated rings. The zero-order chi connectivity index (χ0) is 19.2. The van der Waals surface area contributed by atoms with Crippen LogP contribution >= 0.6 is 11.3 Å². The first-order chi connectivity index (χ1) is 13.1. The van der Waals surface area contributed by atoms with Crippen LogP contribution in [0.2, 0.25) is 0 Å². The molecule has 1 aromatic carbocycles. The summed E-state index contributed by atoms with van der Waals surface area (Å²) in [5.41, 5.74) is 1.80. The van der Waals surface area contributed by atoms with Crippen molar-refractivity contribution in [1.82, 2.24) is 9.97 Å². The van der Waals surface area contributed by atoms with Gasteiger partial charge in [-0.15, -0.1) is 11.3 Å². The highest BCUT2D eigenvalue weighted by Crippen LogP contribution is 2.31. The van der Waals surface area contributed by atoms with Crippen LogP contribution in [0, 0.1) is 0 Å². The Kier molecular flexibility index (Phi) is 5.77. The molecule has 7 nitrogen and oxygen atoms in total. The Morgan fingerprint density at radius 1 is 1.19 bits per heavy atom. The number of hydrogen-bond acceptors (Lipinski definition) is 7. The summed E-state index contributed by atoms with van der Waals surface area (Å²) in [6, 6.07) is 10.7. The molecule has 0 bridgehead atoms. The van der Waals surface area contributed by atoms with Crippen LogP contribution < -0.4 is 10.1 Å². The van der Waals surface area contributed by atoms with Crippen molar-refractivity contribution >= 4 is 28.3 Å².